The molecule has 0 aromatic heterocycles. The van der Waals surface area contributed by atoms with Crippen LogP contribution in [0.25, 0.3) is 0 Å². The van der Waals surface area contributed by atoms with Crippen molar-refractivity contribution in [3.63, 3.8) is 0 Å². The molecular weight excluding hydrogens is 248 g/mol. The zero-order valence-electron chi connectivity index (χ0n) is 11.1. The molecule has 0 bridgehead atoms. The molecular formula is C13H18N2O4. The summed E-state index contributed by atoms with van der Waals surface area (Å²) in [6.07, 6.45) is 0.138. The van der Waals surface area contributed by atoms with Gasteiger partial charge in [-0.05, 0) is 12.1 Å². The van der Waals surface area contributed by atoms with E-state index in [-0.39, 0.29) is 18.7 Å². The van der Waals surface area contributed by atoms with Gasteiger partial charge in [-0.3, -0.25) is 9.59 Å². The van der Waals surface area contributed by atoms with Gasteiger partial charge in [0.1, 0.15) is 11.5 Å². The van der Waals surface area contributed by atoms with Crippen molar-refractivity contribution in [2.45, 2.75) is 19.4 Å². The lowest BCUT2D eigenvalue weighted by Gasteiger charge is -2.11. The van der Waals surface area contributed by atoms with Crippen molar-refractivity contribution in [3.05, 3.63) is 23.8 Å². The van der Waals surface area contributed by atoms with Gasteiger partial charge in [0.25, 0.3) is 0 Å². The van der Waals surface area contributed by atoms with Crippen molar-refractivity contribution >= 4 is 11.8 Å². The number of rotatable bonds is 7. The summed E-state index contributed by atoms with van der Waals surface area (Å²) in [7, 11) is 3.12. The summed E-state index contributed by atoms with van der Waals surface area (Å²) in [5, 5.41) is 2.70. The minimum absolute atomic E-state index is 0.0472. The van der Waals surface area contributed by atoms with E-state index in [9.17, 15) is 9.59 Å². The zero-order chi connectivity index (χ0) is 14.3. The summed E-state index contributed by atoms with van der Waals surface area (Å²) in [5.41, 5.74) is 5.80. The molecule has 0 saturated carbocycles. The molecule has 1 rings (SSSR count). The Hall–Kier alpha value is -2.24. The minimum Gasteiger partial charge on any atom is -0.497 e. The first-order chi connectivity index (χ1) is 9.06. The normalized spacial score (nSPS) is 9.79. The van der Waals surface area contributed by atoms with Gasteiger partial charge in [0, 0.05) is 31.0 Å². The van der Waals surface area contributed by atoms with Gasteiger partial charge in [0.05, 0.1) is 14.2 Å². The van der Waals surface area contributed by atoms with Crippen LogP contribution in [0.15, 0.2) is 18.2 Å². The van der Waals surface area contributed by atoms with Crippen LogP contribution >= 0.6 is 0 Å². The molecule has 2 amide bonds. The van der Waals surface area contributed by atoms with Crippen molar-refractivity contribution in [1.82, 2.24) is 5.32 Å². The fraction of sp³-hybridized carbons (Fsp3) is 0.385. The Morgan fingerprint density at radius 1 is 1.21 bits per heavy atom. The van der Waals surface area contributed by atoms with Crippen LogP contribution in [0.2, 0.25) is 0 Å². The maximum Gasteiger partial charge on any atom is 0.220 e. The summed E-state index contributed by atoms with van der Waals surface area (Å²) in [5.74, 6) is 0.601. The van der Waals surface area contributed by atoms with Crippen LogP contribution in [-0.2, 0) is 16.1 Å². The predicted octanol–water partition coefficient (Wildman–Crippen LogP) is 0.585. The smallest absolute Gasteiger partial charge is 0.220 e. The van der Waals surface area contributed by atoms with E-state index in [1.54, 1.807) is 26.4 Å². The Balaban J connectivity index is 2.57. The standard InChI is InChI=1S/C13H18N2O4/c1-18-10-4-3-9(11(7-10)19-2)8-15-13(17)6-5-12(14)16/h3-4,7H,5-6,8H2,1-2H3,(H2,14,16)(H,15,17). The molecule has 0 heterocycles. The zero-order valence-corrected chi connectivity index (χ0v) is 11.1. The minimum atomic E-state index is -0.489. The number of nitrogens with one attached hydrogen (secondary N) is 1. The maximum atomic E-state index is 11.5. The lowest BCUT2D eigenvalue weighted by Crippen LogP contribution is -2.24. The fourth-order valence-corrected chi connectivity index (χ4v) is 1.52. The molecule has 19 heavy (non-hydrogen) atoms. The molecule has 0 unspecified atom stereocenters. The predicted molar refractivity (Wildman–Crippen MR) is 69.8 cm³/mol. The van der Waals surface area contributed by atoms with Crippen molar-refractivity contribution in [1.29, 1.82) is 0 Å². The van der Waals surface area contributed by atoms with Crippen LogP contribution in [0.1, 0.15) is 18.4 Å². The molecule has 0 saturated heterocycles. The van der Waals surface area contributed by atoms with Crippen LogP contribution < -0.4 is 20.5 Å². The van der Waals surface area contributed by atoms with Crippen molar-refractivity contribution < 1.29 is 19.1 Å². The van der Waals surface area contributed by atoms with Crippen LogP contribution in [0.5, 0.6) is 11.5 Å². The second-order valence-electron chi connectivity index (χ2n) is 3.92. The highest BCUT2D eigenvalue weighted by Gasteiger charge is 2.08. The first kappa shape index (κ1) is 14.8. The monoisotopic (exact) mass is 266 g/mol. The number of primary amides is 1. The molecule has 0 radical (unpaired) electrons. The summed E-state index contributed by atoms with van der Waals surface area (Å²) < 4.78 is 10.3. The average Bonchev–Trinajstić information content (AvgIpc) is 2.42. The molecule has 0 aliphatic heterocycles. The van der Waals surface area contributed by atoms with Crippen molar-refractivity contribution in [2.75, 3.05) is 14.2 Å². The van der Waals surface area contributed by atoms with Gasteiger partial charge >= 0.3 is 0 Å². The number of carbonyl (C=O) groups excluding carboxylic acids is 2. The van der Waals surface area contributed by atoms with E-state index in [4.69, 9.17) is 15.2 Å². The Morgan fingerprint density at radius 2 is 1.95 bits per heavy atom. The molecule has 3 N–H and O–H groups in total. The molecule has 0 spiro atoms. The van der Waals surface area contributed by atoms with E-state index in [2.05, 4.69) is 5.32 Å². The number of ether oxygens (including phenoxy) is 2. The second kappa shape index (κ2) is 7.25. The first-order valence-electron chi connectivity index (χ1n) is 5.82. The maximum absolute atomic E-state index is 11.5. The van der Waals surface area contributed by atoms with E-state index in [1.165, 1.54) is 0 Å². The fourth-order valence-electron chi connectivity index (χ4n) is 1.52. The van der Waals surface area contributed by atoms with E-state index in [1.807, 2.05) is 6.07 Å². The summed E-state index contributed by atoms with van der Waals surface area (Å²) in [6.45, 7) is 0.324. The first-order valence-corrected chi connectivity index (χ1v) is 5.82. The number of nitrogens with two attached hydrogens (primary N) is 1. The van der Waals surface area contributed by atoms with Crippen LogP contribution in [0, 0.1) is 0 Å². The van der Waals surface area contributed by atoms with Gasteiger partial charge in [0.2, 0.25) is 11.8 Å². The quantitative estimate of drug-likeness (QED) is 0.755. The Labute approximate surface area is 111 Å². The van der Waals surface area contributed by atoms with Crippen LogP contribution in [-0.4, -0.2) is 26.0 Å². The van der Waals surface area contributed by atoms with E-state index in [0.717, 1.165) is 5.56 Å². The van der Waals surface area contributed by atoms with E-state index >= 15 is 0 Å². The molecule has 6 heteroatoms. The SMILES string of the molecule is COc1ccc(CNC(=O)CCC(N)=O)c(OC)c1. The van der Waals surface area contributed by atoms with Crippen molar-refractivity contribution in [3.8, 4) is 11.5 Å². The van der Waals surface area contributed by atoms with Gasteiger partial charge in [-0.25, -0.2) is 0 Å². The van der Waals surface area contributed by atoms with Crippen LogP contribution in [0.3, 0.4) is 0 Å². The highest BCUT2D eigenvalue weighted by Crippen LogP contribution is 2.24. The molecule has 1 aromatic rings. The molecule has 6 nitrogen and oxygen atoms in total. The third-order valence-corrected chi connectivity index (χ3v) is 2.57. The Bertz CT molecular complexity index is 460. The lowest BCUT2D eigenvalue weighted by molar-refractivity contribution is -0.125. The third kappa shape index (κ3) is 4.87. The molecule has 0 atom stereocenters. The van der Waals surface area contributed by atoms with Crippen LogP contribution in [0.4, 0.5) is 0 Å². The topological polar surface area (TPSA) is 90.6 Å². The van der Waals surface area contributed by atoms with E-state index in [0.29, 0.717) is 18.0 Å². The number of hydrogen-bond acceptors (Lipinski definition) is 4. The number of carbonyl (C=O) groups is 2. The van der Waals surface area contributed by atoms with E-state index < -0.39 is 5.91 Å². The summed E-state index contributed by atoms with van der Waals surface area (Å²) in [6, 6.07) is 5.34. The number of amides is 2. The molecule has 1 aromatic carbocycles. The lowest BCUT2D eigenvalue weighted by atomic mass is 10.2. The van der Waals surface area contributed by atoms with Gasteiger partial charge in [-0.15, -0.1) is 0 Å². The van der Waals surface area contributed by atoms with Gasteiger partial charge < -0.3 is 20.5 Å². The molecule has 104 valence electrons. The summed E-state index contributed by atoms with van der Waals surface area (Å²) in [4.78, 5) is 22.0. The highest BCUT2D eigenvalue weighted by molar-refractivity contribution is 5.82. The number of methoxy groups -OCH3 is 2. The largest absolute Gasteiger partial charge is 0.497 e. The van der Waals surface area contributed by atoms with Gasteiger partial charge in [-0.2, -0.15) is 0 Å². The Kier molecular flexibility index (Phi) is 5.66. The van der Waals surface area contributed by atoms with Gasteiger partial charge in [-0.1, -0.05) is 0 Å². The van der Waals surface area contributed by atoms with Gasteiger partial charge in [0.15, 0.2) is 0 Å². The highest BCUT2D eigenvalue weighted by atomic mass is 16.5. The molecule has 0 aliphatic rings. The number of benzene rings is 1. The van der Waals surface area contributed by atoms with Crippen molar-refractivity contribution in [2.24, 2.45) is 5.73 Å². The number of hydrogen-bond donors (Lipinski definition) is 2. The third-order valence-electron chi connectivity index (χ3n) is 2.57. The Morgan fingerprint density at radius 3 is 2.53 bits per heavy atom. The second-order valence-corrected chi connectivity index (χ2v) is 3.92. The summed E-state index contributed by atoms with van der Waals surface area (Å²) >= 11 is 0. The average molecular weight is 266 g/mol. The molecule has 0 fully saturated rings. The molecule has 0 aliphatic carbocycles.